The fourth-order valence-electron chi connectivity index (χ4n) is 5.29. The van der Waals surface area contributed by atoms with Crippen LogP contribution in [0.25, 0.3) is 16.8 Å². The van der Waals surface area contributed by atoms with Crippen LogP contribution in [0.4, 0.5) is 0 Å². The Kier molecular flexibility index (Phi) is 9.27. The number of rotatable bonds is 7. The lowest BCUT2D eigenvalue weighted by Crippen LogP contribution is -2.40. The van der Waals surface area contributed by atoms with Gasteiger partial charge in [-0.3, -0.25) is 9.36 Å². The van der Waals surface area contributed by atoms with E-state index in [0.29, 0.717) is 32.2 Å². The van der Waals surface area contributed by atoms with Gasteiger partial charge in [-0.1, -0.05) is 83.6 Å². The van der Waals surface area contributed by atoms with E-state index in [1.165, 1.54) is 11.3 Å². The number of nitrogens with zero attached hydrogens (tertiary/aromatic N) is 2. The molecule has 0 unspecified atom stereocenters. The third kappa shape index (κ3) is 5.99. The molecule has 222 valence electrons. The Bertz CT molecular complexity index is 2130. The van der Waals surface area contributed by atoms with Crippen molar-refractivity contribution in [1.82, 2.24) is 4.57 Å². The van der Waals surface area contributed by atoms with E-state index in [1.807, 2.05) is 84.9 Å². The van der Waals surface area contributed by atoms with E-state index in [2.05, 4.69) is 45.2 Å². The summed E-state index contributed by atoms with van der Waals surface area (Å²) in [5.74, 6) is 0.285. The van der Waals surface area contributed by atoms with Gasteiger partial charge in [0.15, 0.2) is 4.80 Å². The van der Waals surface area contributed by atoms with Crippen molar-refractivity contribution in [2.24, 2.45) is 4.99 Å². The molecular formula is C34H25ClI2N2O4S. The first-order chi connectivity index (χ1) is 21.3. The number of carbonyl (C=O) groups is 1. The molecule has 10 heteroatoms. The standard InChI is InChI=1S/C34H25ClI2N2O4S/c1-3-42-33(41)29-19(2)38-34-39(30(29)24-13-8-11-21-9-4-6-12-23(21)24)32(40)28(44-34)17-20-15-26(36)31(27(37)16-20)43-18-22-10-5-7-14-25(22)35/h4-17,30H,3,18H2,1-2H3/b28-17-/t30-/m1/s1. The van der Waals surface area contributed by atoms with E-state index in [9.17, 15) is 9.59 Å². The van der Waals surface area contributed by atoms with Gasteiger partial charge in [0.2, 0.25) is 0 Å². The van der Waals surface area contributed by atoms with Crippen LogP contribution in [-0.2, 0) is 16.1 Å². The average Bonchev–Trinajstić information content (AvgIpc) is 3.30. The molecule has 1 atom stereocenters. The van der Waals surface area contributed by atoms with E-state index in [1.54, 1.807) is 18.4 Å². The lowest BCUT2D eigenvalue weighted by atomic mass is 9.91. The third-order valence-corrected chi connectivity index (χ3v) is 10.2. The van der Waals surface area contributed by atoms with Crippen LogP contribution in [0.1, 0.15) is 36.6 Å². The minimum Gasteiger partial charge on any atom is -0.487 e. The van der Waals surface area contributed by atoms with Crippen molar-refractivity contribution in [3.05, 3.63) is 139 Å². The van der Waals surface area contributed by atoms with Gasteiger partial charge in [-0.2, -0.15) is 0 Å². The van der Waals surface area contributed by atoms with Crippen LogP contribution < -0.4 is 19.6 Å². The van der Waals surface area contributed by atoms with Gasteiger partial charge < -0.3 is 9.47 Å². The van der Waals surface area contributed by atoms with Crippen LogP contribution in [0.2, 0.25) is 5.02 Å². The summed E-state index contributed by atoms with van der Waals surface area (Å²) in [6.45, 7) is 4.14. The van der Waals surface area contributed by atoms with Crippen LogP contribution >= 0.6 is 68.1 Å². The SMILES string of the molecule is CCOC(=O)C1=C(C)N=c2s/c(=C\c3cc(I)c(OCc4ccccc4Cl)c(I)c3)c(=O)n2[C@@H]1c1cccc2ccccc12. The average molecular weight is 847 g/mol. The highest BCUT2D eigenvalue weighted by Gasteiger charge is 2.34. The molecule has 0 aliphatic carbocycles. The molecule has 2 heterocycles. The summed E-state index contributed by atoms with van der Waals surface area (Å²) in [7, 11) is 0. The Morgan fingerprint density at radius 2 is 1.75 bits per heavy atom. The number of halogens is 3. The summed E-state index contributed by atoms with van der Waals surface area (Å²) >= 11 is 12.1. The lowest BCUT2D eigenvalue weighted by Gasteiger charge is -2.25. The summed E-state index contributed by atoms with van der Waals surface area (Å²) in [5.41, 5.74) is 3.30. The zero-order chi connectivity index (χ0) is 31.0. The van der Waals surface area contributed by atoms with E-state index in [-0.39, 0.29) is 12.2 Å². The van der Waals surface area contributed by atoms with Crippen molar-refractivity contribution in [2.75, 3.05) is 6.61 Å². The second-order valence-electron chi connectivity index (χ2n) is 10.1. The minimum atomic E-state index is -0.681. The van der Waals surface area contributed by atoms with Gasteiger partial charge in [0, 0.05) is 10.6 Å². The van der Waals surface area contributed by atoms with E-state index in [4.69, 9.17) is 26.1 Å². The van der Waals surface area contributed by atoms with Gasteiger partial charge in [-0.05, 0) is 105 Å². The molecular weight excluding hydrogens is 822 g/mol. The number of ether oxygens (including phenoxy) is 2. The number of allylic oxidation sites excluding steroid dienone is 1. The highest BCUT2D eigenvalue weighted by molar-refractivity contribution is 14.1. The normalized spacial score (nSPS) is 14.8. The van der Waals surface area contributed by atoms with Gasteiger partial charge in [0.05, 0.1) is 35.6 Å². The first-order valence-corrected chi connectivity index (χ1v) is 17.1. The molecule has 6 rings (SSSR count). The predicted octanol–water partition coefficient (Wildman–Crippen LogP) is 7.39. The van der Waals surface area contributed by atoms with Crippen LogP contribution in [0.15, 0.2) is 99.9 Å². The van der Waals surface area contributed by atoms with Crippen LogP contribution in [0.3, 0.4) is 0 Å². The van der Waals surface area contributed by atoms with E-state index >= 15 is 0 Å². The maximum atomic E-state index is 14.2. The van der Waals surface area contributed by atoms with Crippen molar-refractivity contribution < 1.29 is 14.3 Å². The summed E-state index contributed by atoms with van der Waals surface area (Å²) in [6, 6.07) is 24.8. The van der Waals surface area contributed by atoms with Crippen LogP contribution in [0, 0.1) is 7.14 Å². The number of fused-ring (bicyclic) bond motifs is 2. The molecule has 1 aliphatic heterocycles. The number of hydrogen-bond acceptors (Lipinski definition) is 6. The number of thiazole rings is 1. The molecule has 5 aromatic rings. The number of hydrogen-bond donors (Lipinski definition) is 0. The lowest BCUT2D eigenvalue weighted by molar-refractivity contribution is -0.139. The molecule has 0 saturated heterocycles. The summed E-state index contributed by atoms with van der Waals surface area (Å²) in [5, 5.41) is 2.64. The highest BCUT2D eigenvalue weighted by atomic mass is 127. The predicted molar refractivity (Wildman–Crippen MR) is 192 cm³/mol. The maximum Gasteiger partial charge on any atom is 0.338 e. The number of esters is 1. The fourth-order valence-corrected chi connectivity index (χ4v) is 8.66. The Morgan fingerprint density at radius 3 is 2.50 bits per heavy atom. The number of benzene rings is 4. The molecule has 0 bridgehead atoms. The van der Waals surface area contributed by atoms with Crippen LogP contribution in [0.5, 0.6) is 5.75 Å². The Balaban J connectivity index is 1.45. The maximum absolute atomic E-state index is 14.2. The number of carbonyl (C=O) groups excluding carboxylic acids is 1. The first-order valence-electron chi connectivity index (χ1n) is 13.8. The summed E-state index contributed by atoms with van der Waals surface area (Å²) in [4.78, 5) is 32.8. The zero-order valence-corrected chi connectivity index (χ0v) is 29.5. The molecule has 0 fully saturated rings. The van der Waals surface area contributed by atoms with Crippen molar-refractivity contribution >= 4 is 90.9 Å². The fraction of sp³-hybridized carbons (Fsp3) is 0.147. The first kappa shape index (κ1) is 31.0. The zero-order valence-electron chi connectivity index (χ0n) is 23.6. The molecule has 0 N–H and O–H groups in total. The van der Waals surface area contributed by atoms with Crippen molar-refractivity contribution in [3.63, 3.8) is 0 Å². The van der Waals surface area contributed by atoms with Gasteiger partial charge in [-0.15, -0.1) is 0 Å². The summed E-state index contributed by atoms with van der Waals surface area (Å²) in [6.07, 6.45) is 1.87. The second kappa shape index (κ2) is 13.2. The molecule has 0 spiro atoms. The Labute approximate surface area is 290 Å². The third-order valence-electron chi connectivity index (χ3n) is 7.28. The molecule has 1 aliphatic rings. The van der Waals surface area contributed by atoms with Crippen LogP contribution in [-0.4, -0.2) is 17.1 Å². The van der Waals surface area contributed by atoms with Crippen molar-refractivity contribution in [1.29, 1.82) is 0 Å². The Morgan fingerprint density at radius 1 is 1.05 bits per heavy atom. The quantitative estimate of drug-likeness (QED) is 0.127. The molecule has 44 heavy (non-hydrogen) atoms. The monoisotopic (exact) mass is 846 g/mol. The minimum absolute atomic E-state index is 0.218. The molecule has 0 saturated carbocycles. The van der Waals surface area contributed by atoms with Crippen molar-refractivity contribution in [3.8, 4) is 5.75 Å². The van der Waals surface area contributed by atoms with Gasteiger partial charge >= 0.3 is 5.97 Å². The smallest absolute Gasteiger partial charge is 0.338 e. The molecule has 4 aromatic carbocycles. The molecule has 0 radical (unpaired) electrons. The molecule has 1 aromatic heterocycles. The second-order valence-corrected chi connectivity index (χ2v) is 13.8. The largest absolute Gasteiger partial charge is 0.487 e. The van der Waals surface area contributed by atoms with E-state index < -0.39 is 12.0 Å². The number of aromatic nitrogens is 1. The topological polar surface area (TPSA) is 69.9 Å². The Hall–Kier alpha value is -3.00. The highest BCUT2D eigenvalue weighted by Crippen LogP contribution is 2.35. The molecule has 0 amide bonds. The van der Waals surface area contributed by atoms with Gasteiger partial charge in [-0.25, -0.2) is 9.79 Å². The summed E-state index contributed by atoms with van der Waals surface area (Å²) < 4.78 is 15.6. The van der Waals surface area contributed by atoms with Crippen molar-refractivity contribution in [2.45, 2.75) is 26.5 Å². The van der Waals surface area contributed by atoms with E-state index in [0.717, 1.165) is 40.4 Å². The molecule has 6 nitrogen and oxygen atoms in total. The van der Waals surface area contributed by atoms with Gasteiger partial charge in [0.25, 0.3) is 5.56 Å². The van der Waals surface area contributed by atoms with Gasteiger partial charge in [0.1, 0.15) is 12.4 Å².